The molecule has 2 N–H and O–H groups in total. The van der Waals surface area contributed by atoms with Gasteiger partial charge in [0.05, 0.1) is 5.69 Å². The van der Waals surface area contributed by atoms with Gasteiger partial charge in [-0.3, -0.25) is 9.89 Å². The van der Waals surface area contributed by atoms with Gasteiger partial charge in [-0.1, -0.05) is 54.6 Å². The molecule has 0 fully saturated rings. The van der Waals surface area contributed by atoms with Gasteiger partial charge in [0.25, 0.3) is 5.91 Å². The first-order valence-electron chi connectivity index (χ1n) is 8.95. The Morgan fingerprint density at radius 3 is 2.52 bits per heavy atom. The number of hydrogen-bond donors (Lipinski definition) is 2. The minimum atomic E-state index is -0.518. The van der Waals surface area contributed by atoms with Gasteiger partial charge in [-0.25, -0.2) is 9.37 Å². The van der Waals surface area contributed by atoms with Crippen LogP contribution in [0.4, 0.5) is 10.1 Å². The zero-order valence-corrected chi connectivity index (χ0v) is 15.3. The van der Waals surface area contributed by atoms with Crippen LogP contribution in [0.2, 0.25) is 0 Å². The maximum atomic E-state index is 13.6. The number of amides is 1. The van der Waals surface area contributed by atoms with E-state index in [9.17, 15) is 9.18 Å². The summed E-state index contributed by atoms with van der Waals surface area (Å²) in [5.74, 6) is 0.178. The third-order valence-corrected chi connectivity index (χ3v) is 4.17. The number of rotatable bonds is 6. The van der Waals surface area contributed by atoms with E-state index >= 15 is 0 Å². The molecule has 0 aliphatic rings. The lowest BCUT2D eigenvalue weighted by atomic mass is 10.1. The van der Waals surface area contributed by atoms with Gasteiger partial charge in [0.15, 0.2) is 29.8 Å². The van der Waals surface area contributed by atoms with E-state index in [1.165, 1.54) is 12.1 Å². The van der Waals surface area contributed by atoms with Gasteiger partial charge in [0, 0.05) is 11.1 Å². The monoisotopic (exact) mass is 388 g/mol. The summed E-state index contributed by atoms with van der Waals surface area (Å²) in [5.41, 5.74) is 2.11. The Balaban J connectivity index is 1.49. The molecule has 0 radical (unpaired) electrons. The Hall–Kier alpha value is -4.00. The first-order chi connectivity index (χ1) is 14.2. The smallest absolute Gasteiger partial charge is 0.262 e. The average molecular weight is 388 g/mol. The summed E-state index contributed by atoms with van der Waals surface area (Å²) >= 11 is 0. The third-order valence-electron chi connectivity index (χ3n) is 4.17. The number of benzene rings is 3. The van der Waals surface area contributed by atoms with E-state index in [1.807, 2.05) is 42.5 Å². The third kappa shape index (κ3) is 4.30. The van der Waals surface area contributed by atoms with Crippen LogP contribution in [0.15, 0.2) is 78.9 Å². The molecule has 6 nitrogen and oxygen atoms in total. The predicted octanol–water partition coefficient (Wildman–Crippen LogP) is 4.30. The van der Waals surface area contributed by atoms with E-state index in [-0.39, 0.29) is 12.4 Å². The number of carbonyl (C=O) groups excluding carboxylic acids is 1. The van der Waals surface area contributed by atoms with Crippen LogP contribution in [0.3, 0.4) is 0 Å². The predicted molar refractivity (Wildman–Crippen MR) is 108 cm³/mol. The molecule has 144 valence electrons. The van der Waals surface area contributed by atoms with Gasteiger partial charge in [-0.2, -0.15) is 5.10 Å². The van der Waals surface area contributed by atoms with Crippen molar-refractivity contribution in [3.8, 4) is 28.5 Å². The number of para-hydroxylation sites is 2. The molecule has 1 heterocycles. The summed E-state index contributed by atoms with van der Waals surface area (Å²) < 4.78 is 18.9. The molecular formula is C22H17FN4O2. The molecule has 0 atom stereocenters. The number of hydrogen-bond acceptors (Lipinski definition) is 4. The highest BCUT2D eigenvalue weighted by atomic mass is 19.1. The second-order valence-electron chi connectivity index (χ2n) is 6.19. The van der Waals surface area contributed by atoms with Crippen LogP contribution in [0.5, 0.6) is 5.75 Å². The van der Waals surface area contributed by atoms with Crippen LogP contribution in [0.25, 0.3) is 22.8 Å². The number of halogens is 1. The molecule has 4 rings (SSSR count). The normalized spacial score (nSPS) is 10.5. The van der Waals surface area contributed by atoms with Crippen molar-refractivity contribution in [1.82, 2.24) is 15.2 Å². The van der Waals surface area contributed by atoms with Crippen molar-refractivity contribution in [1.29, 1.82) is 0 Å². The zero-order valence-electron chi connectivity index (χ0n) is 15.3. The number of carbonyl (C=O) groups is 1. The molecule has 3 aromatic carbocycles. The summed E-state index contributed by atoms with van der Waals surface area (Å²) in [6.45, 7) is -0.319. The van der Waals surface area contributed by atoms with Crippen LogP contribution in [0.1, 0.15) is 0 Å². The number of aromatic nitrogens is 3. The van der Waals surface area contributed by atoms with Crippen molar-refractivity contribution in [3.63, 3.8) is 0 Å². The second-order valence-corrected chi connectivity index (χ2v) is 6.19. The Kier molecular flexibility index (Phi) is 5.29. The molecule has 0 unspecified atom stereocenters. The van der Waals surface area contributed by atoms with E-state index < -0.39 is 11.7 Å². The molecule has 1 amide bonds. The van der Waals surface area contributed by atoms with Crippen LogP contribution >= 0.6 is 0 Å². The molecule has 7 heteroatoms. The zero-order chi connectivity index (χ0) is 20.1. The van der Waals surface area contributed by atoms with E-state index in [0.29, 0.717) is 22.9 Å². The molecule has 0 aliphatic carbocycles. The Bertz CT molecular complexity index is 1130. The first-order valence-corrected chi connectivity index (χ1v) is 8.95. The molecule has 0 spiro atoms. The molecule has 0 saturated carbocycles. The van der Waals surface area contributed by atoms with Gasteiger partial charge in [-0.05, 0) is 24.3 Å². The minimum Gasteiger partial charge on any atom is -0.481 e. The molecule has 0 aliphatic heterocycles. The van der Waals surface area contributed by atoms with E-state index in [4.69, 9.17) is 4.74 Å². The number of ether oxygens (including phenoxy) is 1. The van der Waals surface area contributed by atoms with Crippen molar-refractivity contribution in [2.75, 3.05) is 11.9 Å². The highest BCUT2D eigenvalue weighted by Gasteiger charge is 2.14. The lowest BCUT2D eigenvalue weighted by Gasteiger charge is -2.10. The largest absolute Gasteiger partial charge is 0.481 e. The minimum absolute atomic E-state index is 0.0265. The highest BCUT2D eigenvalue weighted by molar-refractivity contribution is 5.95. The summed E-state index contributed by atoms with van der Waals surface area (Å²) in [6, 6.07) is 22.7. The molecular weight excluding hydrogens is 371 g/mol. The molecule has 1 aromatic heterocycles. The highest BCUT2D eigenvalue weighted by Crippen LogP contribution is 2.26. The van der Waals surface area contributed by atoms with Crippen LogP contribution in [-0.2, 0) is 4.79 Å². The van der Waals surface area contributed by atoms with E-state index in [2.05, 4.69) is 20.5 Å². The van der Waals surface area contributed by atoms with E-state index in [0.717, 1.165) is 5.56 Å². The summed E-state index contributed by atoms with van der Waals surface area (Å²) in [5, 5.41) is 9.93. The van der Waals surface area contributed by atoms with Crippen molar-refractivity contribution in [2.24, 2.45) is 0 Å². The number of H-pyrrole nitrogens is 1. The van der Waals surface area contributed by atoms with Gasteiger partial charge >= 0.3 is 0 Å². The summed E-state index contributed by atoms with van der Waals surface area (Å²) in [4.78, 5) is 16.8. The maximum absolute atomic E-state index is 13.6. The van der Waals surface area contributed by atoms with Gasteiger partial charge < -0.3 is 10.1 Å². The Morgan fingerprint density at radius 1 is 0.966 bits per heavy atom. The maximum Gasteiger partial charge on any atom is 0.262 e. The molecule has 29 heavy (non-hydrogen) atoms. The fraction of sp³-hybridized carbons (Fsp3) is 0.0455. The first kappa shape index (κ1) is 18.4. The molecule has 0 saturated heterocycles. The topological polar surface area (TPSA) is 79.9 Å². The lowest BCUT2D eigenvalue weighted by Crippen LogP contribution is -2.20. The SMILES string of the molecule is O=C(COc1ccccc1F)Nc1ccccc1-c1nc(-c2ccccc2)n[nH]1. The van der Waals surface area contributed by atoms with E-state index in [1.54, 1.807) is 24.3 Å². The average Bonchev–Trinajstić information content (AvgIpc) is 3.24. The van der Waals surface area contributed by atoms with Crippen LogP contribution < -0.4 is 10.1 Å². The lowest BCUT2D eigenvalue weighted by molar-refractivity contribution is -0.118. The Morgan fingerprint density at radius 2 is 1.69 bits per heavy atom. The van der Waals surface area contributed by atoms with Crippen molar-refractivity contribution >= 4 is 11.6 Å². The van der Waals surface area contributed by atoms with Crippen molar-refractivity contribution in [3.05, 3.63) is 84.7 Å². The number of nitrogens with one attached hydrogen (secondary N) is 2. The van der Waals surface area contributed by atoms with Crippen LogP contribution in [0, 0.1) is 5.82 Å². The standard InChI is InChI=1S/C22H17FN4O2/c23-17-11-5-7-13-19(17)29-14-20(28)24-18-12-6-4-10-16(18)22-25-21(26-27-22)15-8-2-1-3-9-15/h1-13H,14H2,(H,24,28)(H,25,26,27). The van der Waals surface area contributed by atoms with Crippen molar-refractivity contribution in [2.45, 2.75) is 0 Å². The van der Waals surface area contributed by atoms with Gasteiger partial charge in [-0.15, -0.1) is 0 Å². The molecule has 4 aromatic rings. The number of aromatic amines is 1. The van der Waals surface area contributed by atoms with Gasteiger partial charge in [0.2, 0.25) is 0 Å². The summed E-state index contributed by atoms with van der Waals surface area (Å²) in [7, 11) is 0. The fourth-order valence-electron chi connectivity index (χ4n) is 2.79. The number of nitrogens with zero attached hydrogens (tertiary/aromatic N) is 2. The number of anilines is 1. The van der Waals surface area contributed by atoms with Crippen molar-refractivity contribution < 1.29 is 13.9 Å². The second kappa shape index (κ2) is 8.35. The summed E-state index contributed by atoms with van der Waals surface area (Å²) in [6.07, 6.45) is 0. The van der Waals surface area contributed by atoms with Gasteiger partial charge in [0.1, 0.15) is 0 Å². The fourth-order valence-corrected chi connectivity index (χ4v) is 2.79. The van der Waals surface area contributed by atoms with Crippen LogP contribution in [-0.4, -0.2) is 27.7 Å². The quantitative estimate of drug-likeness (QED) is 0.516. The Labute approximate surface area is 166 Å². The molecule has 0 bridgehead atoms.